The van der Waals surface area contributed by atoms with Gasteiger partial charge in [0.2, 0.25) is 5.88 Å². The van der Waals surface area contributed by atoms with Crippen LogP contribution in [-0.2, 0) is 24.6 Å². The number of benzene rings is 1. The van der Waals surface area contributed by atoms with Gasteiger partial charge in [-0.05, 0) is 35.9 Å². The van der Waals surface area contributed by atoms with Crippen LogP contribution in [-0.4, -0.2) is 42.6 Å². The Bertz CT molecular complexity index is 1160. The molecule has 1 aliphatic rings. The molecule has 1 aromatic carbocycles. The Balaban J connectivity index is 1.35. The van der Waals surface area contributed by atoms with Gasteiger partial charge in [0.25, 0.3) is 0 Å². The van der Waals surface area contributed by atoms with Crippen LogP contribution in [0.2, 0.25) is 25.7 Å². The van der Waals surface area contributed by atoms with Crippen LogP contribution in [0.5, 0.6) is 11.6 Å². The zero-order valence-electron chi connectivity index (χ0n) is 20.1. The Hall–Kier alpha value is -3.37. The predicted octanol–water partition coefficient (Wildman–Crippen LogP) is 4.48. The van der Waals surface area contributed by atoms with Crippen molar-refractivity contribution >= 4 is 19.9 Å². The molecule has 3 aromatic rings. The lowest BCUT2D eigenvalue weighted by Gasteiger charge is -2.16. The van der Waals surface area contributed by atoms with Crippen molar-refractivity contribution < 1.29 is 19.0 Å². The number of urea groups is 1. The number of aromatic nitrogens is 3. The molecular formula is C24H31N5O4Si. The van der Waals surface area contributed by atoms with Gasteiger partial charge in [-0.15, -0.1) is 0 Å². The summed E-state index contributed by atoms with van der Waals surface area (Å²) >= 11 is 0. The summed E-state index contributed by atoms with van der Waals surface area (Å²) in [6.07, 6.45) is 1.96. The van der Waals surface area contributed by atoms with Gasteiger partial charge in [0, 0.05) is 38.5 Å². The van der Waals surface area contributed by atoms with Crippen LogP contribution in [0.4, 0.5) is 10.6 Å². The van der Waals surface area contributed by atoms with E-state index < -0.39 is 8.07 Å². The van der Waals surface area contributed by atoms with E-state index in [1.54, 1.807) is 17.9 Å². The zero-order valence-corrected chi connectivity index (χ0v) is 21.1. The Morgan fingerprint density at radius 3 is 2.85 bits per heavy atom. The number of ether oxygens (including phenoxy) is 3. The third-order valence-corrected chi connectivity index (χ3v) is 7.09. The maximum absolute atomic E-state index is 12.3. The van der Waals surface area contributed by atoms with Crippen LogP contribution in [0.15, 0.2) is 42.6 Å². The molecule has 9 nitrogen and oxygen atoms in total. The standard InChI is InChI=1S/C24H31N5O4Si/c1-31-18-7-5-6-17(12-18)13-25-24(30)27-22-9-8-19-20-14-29(16-32-10-11-34(2,3)4)28-21(20)15-33-23(19)26-22/h5-9,12,14H,10-11,13,15-16H2,1-4H3,(H2,25,26,27,30). The topological polar surface area (TPSA) is 99.5 Å². The summed E-state index contributed by atoms with van der Waals surface area (Å²) in [7, 11) is 0.493. The molecule has 34 heavy (non-hydrogen) atoms. The molecule has 0 fully saturated rings. The van der Waals surface area contributed by atoms with Gasteiger partial charge >= 0.3 is 6.03 Å². The number of amides is 2. The average Bonchev–Trinajstić information content (AvgIpc) is 3.23. The summed E-state index contributed by atoms with van der Waals surface area (Å²) in [4.78, 5) is 16.8. The molecule has 2 N–H and O–H groups in total. The molecule has 4 rings (SSSR count). The normalized spacial score (nSPS) is 12.4. The van der Waals surface area contributed by atoms with Crippen molar-refractivity contribution in [1.29, 1.82) is 0 Å². The van der Waals surface area contributed by atoms with E-state index in [0.29, 0.717) is 31.6 Å². The van der Waals surface area contributed by atoms with Gasteiger partial charge in [0.05, 0.1) is 7.11 Å². The monoisotopic (exact) mass is 481 g/mol. The summed E-state index contributed by atoms with van der Waals surface area (Å²) in [6.45, 7) is 8.83. The fourth-order valence-electron chi connectivity index (χ4n) is 3.48. The third kappa shape index (κ3) is 6.15. The molecule has 0 spiro atoms. The van der Waals surface area contributed by atoms with Crippen LogP contribution >= 0.6 is 0 Å². The molecule has 0 bridgehead atoms. The first-order chi connectivity index (χ1) is 16.3. The minimum absolute atomic E-state index is 0.322. The molecule has 1 aliphatic heterocycles. The first-order valence-electron chi connectivity index (χ1n) is 11.3. The maximum Gasteiger partial charge on any atom is 0.320 e. The minimum atomic E-state index is -1.12. The van der Waals surface area contributed by atoms with E-state index in [9.17, 15) is 4.79 Å². The van der Waals surface area contributed by atoms with Crippen LogP contribution in [0.25, 0.3) is 11.1 Å². The van der Waals surface area contributed by atoms with Crippen LogP contribution in [0.3, 0.4) is 0 Å². The lowest BCUT2D eigenvalue weighted by Crippen LogP contribution is -2.28. The number of hydrogen-bond acceptors (Lipinski definition) is 6. The molecule has 3 heterocycles. The van der Waals surface area contributed by atoms with Crippen molar-refractivity contribution in [3.05, 3.63) is 53.9 Å². The number of carbonyl (C=O) groups excluding carboxylic acids is 1. The molecule has 2 aromatic heterocycles. The summed E-state index contributed by atoms with van der Waals surface area (Å²) in [5, 5.41) is 10.2. The van der Waals surface area contributed by atoms with Crippen LogP contribution in [0, 0.1) is 0 Å². The summed E-state index contributed by atoms with van der Waals surface area (Å²) in [6, 6.07) is 11.9. The Morgan fingerprint density at radius 2 is 2.06 bits per heavy atom. The van der Waals surface area contributed by atoms with Gasteiger partial charge in [-0.1, -0.05) is 31.8 Å². The Labute approximate surface area is 200 Å². The molecular weight excluding hydrogens is 450 g/mol. The highest BCUT2D eigenvalue weighted by Gasteiger charge is 2.23. The number of carbonyl (C=O) groups is 1. The molecule has 0 saturated carbocycles. The second-order valence-corrected chi connectivity index (χ2v) is 15.0. The van der Waals surface area contributed by atoms with Crippen LogP contribution < -0.4 is 20.1 Å². The van der Waals surface area contributed by atoms with Gasteiger partial charge in [-0.25, -0.2) is 9.48 Å². The number of nitrogens with one attached hydrogen (secondary N) is 2. The van der Waals surface area contributed by atoms with Crippen molar-refractivity contribution in [1.82, 2.24) is 20.1 Å². The summed E-state index contributed by atoms with van der Waals surface area (Å²) < 4.78 is 18.6. The smallest absolute Gasteiger partial charge is 0.320 e. The predicted molar refractivity (Wildman–Crippen MR) is 133 cm³/mol. The van der Waals surface area contributed by atoms with Gasteiger partial charge < -0.3 is 19.5 Å². The lowest BCUT2D eigenvalue weighted by molar-refractivity contribution is 0.0780. The van der Waals surface area contributed by atoms with E-state index in [-0.39, 0.29) is 6.03 Å². The first-order valence-corrected chi connectivity index (χ1v) is 15.0. The fourth-order valence-corrected chi connectivity index (χ4v) is 4.24. The van der Waals surface area contributed by atoms with Gasteiger partial charge in [-0.3, -0.25) is 5.32 Å². The number of fused-ring (bicyclic) bond motifs is 3. The van der Waals surface area contributed by atoms with Crippen molar-refractivity contribution in [3.8, 4) is 22.8 Å². The zero-order chi connectivity index (χ0) is 24.1. The SMILES string of the molecule is COc1cccc(CNC(=O)Nc2ccc3c(n2)OCc2nn(COCC[Si](C)(C)C)cc2-3)c1. The average molecular weight is 482 g/mol. The van der Waals surface area contributed by atoms with E-state index in [0.717, 1.165) is 40.8 Å². The number of methoxy groups -OCH3 is 1. The molecule has 2 amide bonds. The molecule has 0 saturated heterocycles. The summed E-state index contributed by atoms with van der Waals surface area (Å²) in [5.74, 6) is 1.62. The molecule has 0 aliphatic carbocycles. The van der Waals surface area contributed by atoms with E-state index in [2.05, 4.69) is 40.4 Å². The van der Waals surface area contributed by atoms with Gasteiger partial charge in [0.15, 0.2) is 0 Å². The van der Waals surface area contributed by atoms with E-state index in [1.807, 2.05) is 36.5 Å². The molecule has 0 radical (unpaired) electrons. The molecule has 10 heteroatoms. The number of nitrogens with zero attached hydrogens (tertiary/aromatic N) is 3. The van der Waals surface area contributed by atoms with Crippen molar-refractivity contribution in [2.24, 2.45) is 0 Å². The highest BCUT2D eigenvalue weighted by atomic mass is 28.3. The number of hydrogen-bond donors (Lipinski definition) is 2. The van der Waals surface area contributed by atoms with Crippen molar-refractivity contribution in [2.45, 2.75) is 45.6 Å². The van der Waals surface area contributed by atoms with Crippen LogP contribution in [0.1, 0.15) is 11.3 Å². The second-order valence-electron chi connectivity index (χ2n) is 9.37. The van der Waals surface area contributed by atoms with E-state index in [1.165, 1.54) is 0 Å². The fraction of sp³-hybridized carbons (Fsp3) is 0.375. The third-order valence-electron chi connectivity index (χ3n) is 5.38. The number of pyridine rings is 1. The quantitative estimate of drug-likeness (QED) is 0.345. The first kappa shape index (κ1) is 23.8. The summed E-state index contributed by atoms with van der Waals surface area (Å²) in [5.41, 5.74) is 3.60. The largest absolute Gasteiger partial charge is 0.497 e. The number of anilines is 1. The van der Waals surface area contributed by atoms with Gasteiger partial charge in [0.1, 0.15) is 30.6 Å². The maximum atomic E-state index is 12.3. The molecule has 180 valence electrons. The highest BCUT2D eigenvalue weighted by Crippen LogP contribution is 2.36. The van der Waals surface area contributed by atoms with E-state index >= 15 is 0 Å². The lowest BCUT2D eigenvalue weighted by atomic mass is 10.1. The number of rotatable bonds is 9. The Morgan fingerprint density at radius 1 is 1.21 bits per heavy atom. The van der Waals surface area contributed by atoms with E-state index in [4.69, 9.17) is 14.2 Å². The molecule has 0 atom stereocenters. The Kier molecular flexibility index (Phi) is 7.18. The minimum Gasteiger partial charge on any atom is -0.497 e. The van der Waals surface area contributed by atoms with Crippen molar-refractivity contribution in [2.75, 3.05) is 19.0 Å². The second kappa shape index (κ2) is 10.3. The molecule has 0 unspecified atom stereocenters. The highest BCUT2D eigenvalue weighted by molar-refractivity contribution is 6.76. The van der Waals surface area contributed by atoms with Gasteiger partial charge in [-0.2, -0.15) is 10.1 Å². The van der Waals surface area contributed by atoms with Crippen molar-refractivity contribution in [3.63, 3.8) is 0 Å².